The summed E-state index contributed by atoms with van der Waals surface area (Å²) in [5, 5.41) is 0. The van der Waals surface area contributed by atoms with Gasteiger partial charge in [-0.1, -0.05) is 262 Å². The summed E-state index contributed by atoms with van der Waals surface area (Å²) in [4.78, 5) is 38.3. The van der Waals surface area contributed by atoms with Crippen molar-refractivity contribution >= 4 is 17.9 Å². The van der Waals surface area contributed by atoms with Crippen molar-refractivity contribution in [3.8, 4) is 0 Å². The Labute approximate surface area is 486 Å². The van der Waals surface area contributed by atoms with Crippen molar-refractivity contribution < 1.29 is 28.6 Å². The van der Waals surface area contributed by atoms with Gasteiger partial charge in [-0.3, -0.25) is 14.4 Å². The predicted molar refractivity (Wildman–Crippen MR) is 343 cm³/mol. The number of esters is 3. The molecule has 0 amide bonds. The van der Waals surface area contributed by atoms with Gasteiger partial charge >= 0.3 is 17.9 Å². The summed E-state index contributed by atoms with van der Waals surface area (Å²) in [6.45, 7) is 6.25. The van der Waals surface area contributed by atoms with Crippen molar-refractivity contribution in [2.75, 3.05) is 13.2 Å². The molecule has 0 aliphatic carbocycles. The number of unbranched alkanes of at least 4 members (excludes halogenated alkanes) is 19. The van der Waals surface area contributed by atoms with E-state index in [1.807, 2.05) is 0 Å². The molecule has 0 saturated heterocycles. The minimum atomic E-state index is -0.813. The van der Waals surface area contributed by atoms with Crippen LogP contribution in [0.5, 0.6) is 0 Å². The van der Waals surface area contributed by atoms with Crippen molar-refractivity contribution in [3.05, 3.63) is 158 Å². The monoisotopic (exact) mass is 1090 g/mol. The summed E-state index contributed by atoms with van der Waals surface area (Å²) in [6, 6.07) is 0. The molecule has 0 saturated carbocycles. The number of hydrogen-bond acceptors (Lipinski definition) is 6. The smallest absolute Gasteiger partial charge is 0.306 e. The zero-order chi connectivity index (χ0) is 57.1. The summed E-state index contributed by atoms with van der Waals surface area (Å²) >= 11 is 0. The molecule has 0 spiro atoms. The lowest BCUT2D eigenvalue weighted by molar-refractivity contribution is -0.167. The first-order valence-electron chi connectivity index (χ1n) is 32.0. The molecule has 0 radical (unpaired) electrons. The number of ether oxygens (including phenoxy) is 3. The Morgan fingerprint density at radius 3 is 0.722 bits per heavy atom. The number of rotatable bonds is 56. The maximum absolute atomic E-state index is 12.9. The highest BCUT2D eigenvalue weighted by molar-refractivity contribution is 5.71. The zero-order valence-electron chi connectivity index (χ0n) is 50.8. The summed E-state index contributed by atoms with van der Waals surface area (Å²) in [5.74, 6) is -0.965. The van der Waals surface area contributed by atoms with Gasteiger partial charge in [-0.25, -0.2) is 0 Å². The Hall–Kier alpha value is -4.97. The minimum absolute atomic E-state index is 0.105. The van der Waals surface area contributed by atoms with Gasteiger partial charge < -0.3 is 14.2 Å². The molecule has 6 heteroatoms. The van der Waals surface area contributed by atoms with Crippen LogP contribution in [0.15, 0.2) is 158 Å². The molecule has 0 N–H and O–H groups in total. The van der Waals surface area contributed by atoms with Crippen molar-refractivity contribution in [2.24, 2.45) is 0 Å². The van der Waals surface area contributed by atoms with Gasteiger partial charge in [-0.15, -0.1) is 0 Å². The first-order chi connectivity index (χ1) is 39.0. The highest BCUT2D eigenvalue weighted by Gasteiger charge is 2.19. The van der Waals surface area contributed by atoms with Crippen molar-refractivity contribution in [3.63, 3.8) is 0 Å². The van der Waals surface area contributed by atoms with Gasteiger partial charge in [0, 0.05) is 19.3 Å². The van der Waals surface area contributed by atoms with E-state index in [-0.39, 0.29) is 37.5 Å². The molecule has 1 atom stereocenters. The maximum atomic E-state index is 12.9. The third-order valence-corrected chi connectivity index (χ3v) is 13.0. The first kappa shape index (κ1) is 74.0. The lowest BCUT2D eigenvalue weighted by Gasteiger charge is -2.18. The van der Waals surface area contributed by atoms with Gasteiger partial charge in [0.15, 0.2) is 6.10 Å². The van der Waals surface area contributed by atoms with Gasteiger partial charge in [-0.2, -0.15) is 0 Å². The topological polar surface area (TPSA) is 78.9 Å². The molecule has 0 aromatic carbocycles. The number of carbonyl (C=O) groups is 3. The van der Waals surface area contributed by atoms with Crippen LogP contribution in [-0.4, -0.2) is 37.2 Å². The molecule has 79 heavy (non-hydrogen) atoms. The fourth-order valence-corrected chi connectivity index (χ4v) is 8.33. The van der Waals surface area contributed by atoms with Crippen LogP contribution in [0.1, 0.15) is 265 Å². The van der Waals surface area contributed by atoms with E-state index in [1.165, 1.54) is 64.2 Å². The number of hydrogen-bond donors (Lipinski definition) is 0. The third-order valence-electron chi connectivity index (χ3n) is 13.0. The molecule has 0 bridgehead atoms. The van der Waals surface area contributed by atoms with E-state index in [1.54, 1.807) is 0 Å². The molecule has 0 rings (SSSR count). The third kappa shape index (κ3) is 63.7. The van der Waals surface area contributed by atoms with Crippen molar-refractivity contribution in [1.29, 1.82) is 0 Å². The van der Waals surface area contributed by atoms with Crippen LogP contribution >= 0.6 is 0 Å². The summed E-state index contributed by atoms with van der Waals surface area (Å²) in [6.07, 6.45) is 95.4. The lowest BCUT2D eigenvalue weighted by Crippen LogP contribution is -2.30. The highest BCUT2D eigenvalue weighted by Crippen LogP contribution is 2.15. The average Bonchev–Trinajstić information content (AvgIpc) is 3.45. The second-order valence-corrected chi connectivity index (χ2v) is 20.5. The lowest BCUT2D eigenvalue weighted by atomic mass is 10.0. The molecule has 0 fully saturated rings. The van der Waals surface area contributed by atoms with E-state index >= 15 is 0 Å². The predicted octanol–water partition coefficient (Wildman–Crippen LogP) is 22.1. The van der Waals surface area contributed by atoms with E-state index in [4.69, 9.17) is 14.2 Å². The molecule has 0 aromatic rings. The molecule has 0 aromatic heterocycles. The number of carbonyl (C=O) groups excluding carboxylic acids is 3. The second-order valence-electron chi connectivity index (χ2n) is 20.5. The SMILES string of the molecule is CC/C=C\C/C=C\C/C=C\C/C=C\C/C=C\C/C=C\CCCCCCC(=O)OC(COC(=O)CCCCC/C=C\C/C=C\C/C=C\CC)COC(=O)CCCCCCCCCCCCCC/C=C\C/C=C\C/C=C\C/C=C\CC. The van der Waals surface area contributed by atoms with Crippen LogP contribution in [0.3, 0.4) is 0 Å². The van der Waals surface area contributed by atoms with Crippen molar-refractivity contribution in [2.45, 2.75) is 271 Å². The molecular weight excluding hydrogens is 973 g/mol. The van der Waals surface area contributed by atoms with Gasteiger partial charge in [0.2, 0.25) is 0 Å². The van der Waals surface area contributed by atoms with Crippen LogP contribution in [0.2, 0.25) is 0 Å². The van der Waals surface area contributed by atoms with Gasteiger partial charge in [-0.05, 0) is 141 Å². The van der Waals surface area contributed by atoms with Crippen LogP contribution in [0, 0.1) is 0 Å². The van der Waals surface area contributed by atoms with Gasteiger partial charge in [0.25, 0.3) is 0 Å². The summed E-state index contributed by atoms with van der Waals surface area (Å²) < 4.78 is 16.9. The maximum Gasteiger partial charge on any atom is 0.306 e. The Morgan fingerprint density at radius 2 is 0.456 bits per heavy atom. The molecule has 0 aliphatic rings. The van der Waals surface area contributed by atoms with Crippen LogP contribution < -0.4 is 0 Å². The number of allylic oxidation sites excluding steroid dienone is 26. The van der Waals surface area contributed by atoms with Crippen molar-refractivity contribution in [1.82, 2.24) is 0 Å². The van der Waals surface area contributed by atoms with E-state index < -0.39 is 6.10 Å². The molecule has 0 aliphatic heterocycles. The fourth-order valence-electron chi connectivity index (χ4n) is 8.33. The van der Waals surface area contributed by atoms with Crippen LogP contribution in [0.25, 0.3) is 0 Å². The largest absolute Gasteiger partial charge is 0.462 e. The summed E-state index contributed by atoms with van der Waals surface area (Å²) in [7, 11) is 0. The highest BCUT2D eigenvalue weighted by atomic mass is 16.6. The van der Waals surface area contributed by atoms with Gasteiger partial charge in [0.05, 0.1) is 0 Å². The zero-order valence-corrected chi connectivity index (χ0v) is 50.8. The normalized spacial score (nSPS) is 13.2. The van der Waals surface area contributed by atoms with Crippen LogP contribution in [0.4, 0.5) is 0 Å². The van der Waals surface area contributed by atoms with E-state index in [9.17, 15) is 14.4 Å². The molecule has 6 nitrogen and oxygen atoms in total. The Kier molecular flexibility index (Phi) is 61.4. The Balaban J connectivity index is 4.42. The fraction of sp³-hybridized carbons (Fsp3) is 0.603. The van der Waals surface area contributed by atoms with E-state index in [0.717, 1.165) is 161 Å². The second kappa shape index (κ2) is 65.5. The Bertz CT molecular complexity index is 1780. The standard InChI is InChI=1S/C73H116O6/c1-4-7-10-13-16-19-22-25-27-29-31-33-35-36-38-39-41-43-45-48-51-54-57-60-63-66-72(75)78-69-70(68-77-71(74)65-62-59-56-53-50-47-24-21-18-15-12-9-6-3)79-73(76)67-64-61-58-55-52-49-46-44-42-40-37-34-32-30-28-26-23-20-17-14-11-8-5-2/h7-12,16-21,25-28,31-34,40,42,46-47,49-50,70H,4-6,13-15,22-24,29-30,35-39,41,43-45,48,51-69H2,1-3H3/b10-7-,11-8-,12-9-,19-16-,20-17-,21-18-,27-25-,28-26-,33-31-,34-32-,42-40-,49-46-,50-47-. The summed E-state index contributed by atoms with van der Waals surface area (Å²) in [5.41, 5.74) is 0. The Morgan fingerprint density at radius 1 is 0.253 bits per heavy atom. The first-order valence-corrected chi connectivity index (χ1v) is 32.0. The van der Waals surface area contributed by atoms with Crippen LogP contribution in [-0.2, 0) is 28.6 Å². The molecular formula is C73H116O6. The van der Waals surface area contributed by atoms with Gasteiger partial charge in [0.1, 0.15) is 13.2 Å². The van der Waals surface area contributed by atoms with E-state index in [0.29, 0.717) is 12.8 Å². The quantitative estimate of drug-likeness (QED) is 0.0261. The molecule has 444 valence electrons. The average molecular weight is 1090 g/mol. The van der Waals surface area contributed by atoms with E-state index in [2.05, 4.69) is 179 Å². The minimum Gasteiger partial charge on any atom is -0.462 e. The molecule has 0 heterocycles. The molecule has 1 unspecified atom stereocenters.